The minimum atomic E-state index is -0.452. The van der Waals surface area contributed by atoms with E-state index < -0.39 is 6.10 Å². The molecule has 0 amide bonds. The van der Waals surface area contributed by atoms with Gasteiger partial charge in [0.25, 0.3) is 0 Å². The van der Waals surface area contributed by atoms with Gasteiger partial charge in [-0.05, 0) is 25.0 Å². The molecule has 1 unspecified atom stereocenters. The fourth-order valence-electron chi connectivity index (χ4n) is 3.49. The van der Waals surface area contributed by atoms with Gasteiger partial charge in [-0.1, -0.05) is 39.5 Å². The van der Waals surface area contributed by atoms with Crippen molar-refractivity contribution in [2.75, 3.05) is 12.3 Å². The summed E-state index contributed by atoms with van der Waals surface area (Å²) in [6.45, 7) is 5.74. The molecule has 0 radical (unpaired) electrons. The molecule has 0 fully saturated rings. The molecule has 0 aliphatic rings. The average Bonchev–Trinajstić information content (AvgIpc) is 3.05. The summed E-state index contributed by atoms with van der Waals surface area (Å²) < 4.78 is 7.76. The predicted molar refractivity (Wildman–Crippen MR) is 112 cm³/mol. The van der Waals surface area contributed by atoms with E-state index in [0.717, 1.165) is 48.1 Å². The number of nitrogen functional groups attached to an aromatic ring is 1. The van der Waals surface area contributed by atoms with Crippen LogP contribution in [-0.2, 0) is 17.9 Å². The molecule has 7 heteroatoms. The van der Waals surface area contributed by atoms with Gasteiger partial charge in [0, 0.05) is 12.8 Å². The second-order valence-electron chi connectivity index (χ2n) is 7.26. The Labute approximate surface area is 165 Å². The number of aliphatic hydroxyl groups excluding tert-OH is 1. The topological polar surface area (TPSA) is 99.1 Å². The molecule has 0 bridgehead atoms. The minimum Gasteiger partial charge on any atom is -0.391 e. The quantitative estimate of drug-likeness (QED) is 0.487. The van der Waals surface area contributed by atoms with E-state index >= 15 is 0 Å². The van der Waals surface area contributed by atoms with E-state index in [2.05, 4.69) is 23.8 Å². The third-order valence-electron chi connectivity index (χ3n) is 4.90. The van der Waals surface area contributed by atoms with Crippen molar-refractivity contribution >= 4 is 27.9 Å². The van der Waals surface area contributed by atoms with Gasteiger partial charge in [0.2, 0.25) is 0 Å². The Morgan fingerprint density at radius 1 is 1.14 bits per heavy atom. The van der Waals surface area contributed by atoms with Crippen LogP contribution in [0.4, 0.5) is 5.82 Å². The number of nitrogens with two attached hydrogens (primary N) is 1. The second kappa shape index (κ2) is 9.80. The number of ether oxygens (including phenoxy) is 1. The highest BCUT2D eigenvalue weighted by atomic mass is 16.5. The largest absolute Gasteiger partial charge is 0.391 e. The Kier molecular flexibility index (Phi) is 7.17. The summed E-state index contributed by atoms with van der Waals surface area (Å²) >= 11 is 0. The SMILES string of the molecule is CCCCCCC(O)Cn1c(COCCC)nc2c(N)nc3cccnc3c21. The number of rotatable bonds is 11. The highest BCUT2D eigenvalue weighted by Gasteiger charge is 2.20. The van der Waals surface area contributed by atoms with Crippen molar-refractivity contribution in [1.29, 1.82) is 0 Å². The number of imidazole rings is 1. The zero-order valence-electron chi connectivity index (χ0n) is 16.9. The normalized spacial score (nSPS) is 12.8. The van der Waals surface area contributed by atoms with Crippen molar-refractivity contribution in [3.05, 3.63) is 24.2 Å². The molecule has 3 aromatic rings. The molecule has 1 atom stereocenters. The van der Waals surface area contributed by atoms with E-state index in [4.69, 9.17) is 15.5 Å². The molecule has 0 aliphatic carbocycles. The standard InChI is InChI=1S/C21H31N5O2/c1-3-5-6-7-9-15(27)13-26-17(14-28-12-4-2)25-19-20(26)18-16(24-21(19)22)10-8-11-23-18/h8,10-11,15,27H,3-7,9,12-14H2,1-2H3,(H2,22,24). The first-order chi connectivity index (χ1) is 13.7. The lowest BCUT2D eigenvalue weighted by Crippen LogP contribution is -2.18. The van der Waals surface area contributed by atoms with Crippen LogP contribution in [0.2, 0.25) is 0 Å². The van der Waals surface area contributed by atoms with E-state index in [1.54, 1.807) is 6.20 Å². The Morgan fingerprint density at radius 2 is 2.00 bits per heavy atom. The maximum absolute atomic E-state index is 10.7. The van der Waals surface area contributed by atoms with Crippen molar-refractivity contribution in [3.63, 3.8) is 0 Å². The molecule has 0 spiro atoms. The number of fused-ring (bicyclic) bond motifs is 3. The third kappa shape index (κ3) is 4.59. The summed E-state index contributed by atoms with van der Waals surface area (Å²) in [5.74, 6) is 1.13. The van der Waals surface area contributed by atoms with Crippen molar-refractivity contribution in [2.45, 2.75) is 71.6 Å². The molecule has 28 heavy (non-hydrogen) atoms. The number of anilines is 1. The third-order valence-corrected chi connectivity index (χ3v) is 4.90. The number of nitrogens with zero attached hydrogens (tertiary/aromatic N) is 4. The highest BCUT2D eigenvalue weighted by Crippen LogP contribution is 2.28. The summed E-state index contributed by atoms with van der Waals surface area (Å²) in [5, 5.41) is 10.7. The molecule has 0 saturated carbocycles. The average molecular weight is 386 g/mol. The van der Waals surface area contributed by atoms with E-state index in [-0.39, 0.29) is 0 Å². The number of aromatic nitrogens is 4. The zero-order chi connectivity index (χ0) is 19.9. The van der Waals surface area contributed by atoms with E-state index in [0.29, 0.717) is 31.1 Å². The summed E-state index contributed by atoms with van der Waals surface area (Å²) in [6.07, 6.45) is 7.55. The number of unbranched alkanes of at least 4 members (excludes halogenated alkanes) is 3. The van der Waals surface area contributed by atoms with Gasteiger partial charge in [0.15, 0.2) is 5.82 Å². The molecule has 7 nitrogen and oxygen atoms in total. The van der Waals surface area contributed by atoms with Crippen LogP contribution in [0.3, 0.4) is 0 Å². The van der Waals surface area contributed by atoms with Gasteiger partial charge in [-0.25, -0.2) is 9.97 Å². The van der Waals surface area contributed by atoms with Crippen molar-refractivity contribution in [3.8, 4) is 0 Å². The van der Waals surface area contributed by atoms with Gasteiger partial charge in [0.1, 0.15) is 29.0 Å². The highest BCUT2D eigenvalue weighted by molar-refractivity contribution is 6.04. The Hall–Kier alpha value is -2.25. The fraction of sp³-hybridized carbons (Fsp3) is 0.571. The first-order valence-electron chi connectivity index (χ1n) is 10.3. The Bertz CT molecular complexity index is 909. The van der Waals surface area contributed by atoms with Gasteiger partial charge >= 0.3 is 0 Å². The lowest BCUT2D eigenvalue weighted by molar-refractivity contribution is 0.106. The van der Waals surface area contributed by atoms with E-state index in [1.807, 2.05) is 16.7 Å². The zero-order valence-corrected chi connectivity index (χ0v) is 16.9. The molecule has 3 N–H and O–H groups in total. The number of hydrogen-bond donors (Lipinski definition) is 2. The summed E-state index contributed by atoms with van der Waals surface area (Å²) in [5.41, 5.74) is 9.11. The van der Waals surface area contributed by atoms with Crippen molar-refractivity contribution in [2.24, 2.45) is 0 Å². The lowest BCUT2D eigenvalue weighted by Gasteiger charge is -2.15. The Morgan fingerprint density at radius 3 is 2.79 bits per heavy atom. The molecule has 3 aromatic heterocycles. The van der Waals surface area contributed by atoms with Gasteiger partial charge in [-0.2, -0.15) is 0 Å². The smallest absolute Gasteiger partial charge is 0.152 e. The summed E-state index contributed by atoms with van der Waals surface area (Å²) in [4.78, 5) is 13.6. The lowest BCUT2D eigenvalue weighted by atomic mass is 10.1. The predicted octanol–water partition coefficient (Wildman–Crippen LogP) is 3.82. The second-order valence-corrected chi connectivity index (χ2v) is 7.26. The van der Waals surface area contributed by atoms with E-state index in [1.165, 1.54) is 12.8 Å². The van der Waals surface area contributed by atoms with Gasteiger partial charge in [0.05, 0.1) is 18.2 Å². The van der Waals surface area contributed by atoms with Crippen LogP contribution in [0.5, 0.6) is 0 Å². The maximum atomic E-state index is 10.7. The Balaban J connectivity index is 1.97. The summed E-state index contributed by atoms with van der Waals surface area (Å²) in [7, 11) is 0. The van der Waals surface area contributed by atoms with Crippen LogP contribution in [0.25, 0.3) is 22.1 Å². The van der Waals surface area contributed by atoms with Gasteiger partial charge in [-0.3, -0.25) is 4.98 Å². The molecular weight excluding hydrogens is 354 g/mol. The molecule has 0 aliphatic heterocycles. The van der Waals surface area contributed by atoms with E-state index in [9.17, 15) is 5.11 Å². The minimum absolute atomic E-state index is 0.374. The molecule has 0 saturated heterocycles. The van der Waals surface area contributed by atoms with Crippen molar-refractivity contribution < 1.29 is 9.84 Å². The van der Waals surface area contributed by atoms with Crippen LogP contribution in [-0.4, -0.2) is 37.3 Å². The first kappa shape index (κ1) is 20.5. The molecule has 152 valence electrons. The number of hydrogen-bond acceptors (Lipinski definition) is 6. The molecule has 3 rings (SSSR count). The monoisotopic (exact) mass is 385 g/mol. The van der Waals surface area contributed by atoms with Gasteiger partial charge < -0.3 is 20.1 Å². The van der Waals surface area contributed by atoms with Crippen LogP contribution < -0.4 is 5.73 Å². The van der Waals surface area contributed by atoms with Crippen LogP contribution in [0, 0.1) is 0 Å². The molecular formula is C21H31N5O2. The van der Waals surface area contributed by atoms with Crippen molar-refractivity contribution in [1.82, 2.24) is 19.5 Å². The maximum Gasteiger partial charge on any atom is 0.152 e. The van der Waals surface area contributed by atoms with Gasteiger partial charge in [-0.15, -0.1) is 0 Å². The fourth-order valence-corrected chi connectivity index (χ4v) is 3.49. The number of pyridine rings is 2. The molecule has 3 heterocycles. The van der Waals surface area contributed by atoms with Crippen LogP contribution >= 0.6 is 0 Å². The first-order valence-corrected chi connectivity index (χ1v) is 10.3. The summed E-state index contributed by atoms with van der Waals surface area (Å²) in [6, 6.07) is 3.74. The molecule has 0 aromatic carbocycles. The van der Waals surface area contributed by atoms with Crippen LogP contribution in [0.15, 0.2) is 18.3 Å². The number of aliphatic hydroxyl groups is 1. The van der Waals surface area contributed by atoms with Crippen LogP contribution in [0.1, 0.15) is 58.2 Å².